The Kier molecular flexibility index (Phi) is 3.93. The third-order valence-corrected chi connectivity index (χ3v) is 3.74. The minimum absolute atomic E-state index is 0.678. The second-order valence-electron chi connectivity index (χ2n) is 4.71. The van der Waals surface area contributed by atoms with Gasteiger partial charge in [-0.15, -0.1) is 0 Å². The molecule has 0 saturated heterocycles. The molecular formula is C17H15ClN2O. The first-order valence-electron chi connectivity index (χ1n) is 6.67. The Morgan fingerprint density at radius 3 is 2.95 bits per heavy atom. The van der Waals surface area contributed by atoms with E-state index in [-0.39, 0.29) is 0 Å². The zero-order valence-corrected chi connectivity index (χ0v) is 12.4. The van der Waals surface area contributed by atoms with Gasteiger partial charge in [-0.25, -0.2) is 0 Å². The average molecular weight is 299 g/mol. The molecule has 0 spiro atoms. The normalized spacial score (nSPS) is 10.6. The van der Waals surface area contributed by atoms with Crippen LogP contribution in [0.5, 0.6) is 5.75 Å². The van der Waals surface area contributed by atoms with Crippen LogP contribution < -0.4 is 10.1 Å². The van der Waals surface area contributed by atoms with E-state index in [4.69, 9.17) is 16.3 Å². The highest BCUT2D eigenvalue weighted by Crippen LogP contribution is 2.27. The molecule has 4 heteroatoms. The Labute approximate surface area is 128 Å². The maximum absolute atomic E-state index is 6.21. The molecule has 0 aliphatic heterocycles. The first kappa shape index (κ1) is 13.7. The van der Waals surface area contributed by atoms with Crippen molar-refractivity contribution >= 4 is 28.1 Å². The summed E-state index contributed by atoms with van der Waals surface area (Å²) in [4.78, 5) is 4.15. The van der Waals surface area contributed by atoms with Crippen molar-refractivity contribution in [2.45, 2.75) is 6.54 Å². The molecule has 21 heavy (non-hydrogen) atoms. The van der Waals surface area contributed by atoms with Crippen LogP contribution in [0.1, 0.15) is 5.56 Å². The number of pyridine rings is 1. The van der Waals surface area contributed by atoms with Crippen molar-refractivity contribution in [3.63, 3.8) is 0 Å². The number of hydrogen-bond acceptors (Lipinski definition) is 3. The fraction of sp³-hybridized carbons (Fsp3) is 0.118. The number of methoxy groups -OCH3 is 1. The smallest absolute Gasteiger partial charge is 0.121 e. The van der Waals surface area contributed by atoms with Crippen LogP contribution in [0, 0.1) is 0 Å². The van der Waals surface area contributed by atoms with Crippen molar-refractivity contribution < 1.29 is 4.74 Å². The predicted octanol–water partition coefficient (Wildman–Crippen LogP) is 4.51. The van der Waals surface area contributed by atoms with Gasteiger partial charge in [-0.3, -0.25) is 4.98 Å². The molecule has 0 saturated carbocycles. The van der Waals surface area contributed by atoms with Gasteiger partial charge in [0.05, 0.1) is 17.8 Å². The summed E-state index contributed by atoms with van der Waals surface area (Å²) < 4.78 is 5.23. The Balaban J connectivity index is 1.87. The second kappa shape index (κ2) is 6.02. The molecule has 1 heterocycles. The zero-order valence-electron chi connectivity index (χ0n) is 11.6. The number of hydrogen-bond donors (Lipinski definition) is 1. The van der Waals surface area contributed by atoms with Crippen LogP contribution >= 0.6 is 11.6 Å². The van der Waals surface area contributed by atoms with Crippen LogP contribution in [-0.4, -0.2) is 12.1 Å². The van der Waals surface area contributed by atoms with E-state index >= 15 is 0 Å². The number of halogens is 1. The standard InChI is InChI=1S/C17H15ClN2O/c1-21-14-5-6-16(18)17(9-14)20-11-13-4-2-3-12-10-19-8-7-15(12)13/h2-10,20H,11H2,1H3. The number of fused-ring (bicyclic) bond motifs is 1. The number of aromatic nitrogens is 1. The van der Waals surface area contributed by atoms with E-state index in [9.17, 15) is 0 Å². The maximum atomic E-state index is 6.21. The topological polar surface area (TPSA) is 34.1 Å². The monoisotopic (exact) mass is 298 g/mol. The van der Waals surface area contributed by atoms with E-state index in [1.54, 1.807) is 7.11 Å². The van der Waals surface area contributed by atoms with Gasteiger partial charge in [-0.05, 0) is 29.1 Å². The lowest BCUT2D eigenvalue weighted by Gasteiger charge is -2.11. The number of ether oxygens (including phenoxy) is 1. The Morgan fingerprint density at radius 2 is 2.10 bits per heavy atom. The Hall–Kier alpha value is -2.26. The fourth-order valence-corrected chi connectivity index (χ4v) is 2.49. The molecule has 0 bridgehead atoms. The van der Waals surface area contributed by atoms with E-state index in [0.29, 0.717) is 11.6 Å². The second-order valence-corrected chi connectivity index (χ2v) is 5.12. The molecule has 0 fully saturated rings. The predicted molar refractivity (Wildman–Crippen MR) is 87.1 cm³/mol. The van der Waals surface area contributed by atoms with Crippen molar-refractivity contribution in [1.82, 2.24) is 4.98 Å². The first-order valence-corrected chi connectivity index (χ1v) is 7.05. The lowest BCUT2D eigenvalue weighted by molar-refractivity contribution is 0.415. The van der Waals surface area contributed by atoms with E-state index in [0.717, 1.165) is 16.8 Å². The molecule has 3 nitrogen and oxygen atoms in total. The number of anilines is 1. The van der Waals surface area contributed by atoms with Gasteiger partial charge in [0.1, 0.15) is 5.75 Å². The summed E-state index contributed by atoms with van der Waals surface area (Å²) in [5, 5.41) is 6.37. The highest BCUT2D eigenvalue weighted by atomic mass is 35.5. The SMILES string of the molecule is COc1ccc(Cl)c(NCc2cccc3cnccc23)c1. The minimum atomic E-state index is 0.678. The number of nitrogens with one attached hydrogen (secondary N) is 1. The highest BCUT2D eigenvalue weighted by molar-refractivity contribution is 6.33. The first-order chi connectivity index (χ1) is 10.3. The van der Waals surface area contributed by atoms with E-state index in [1.807, 2.05) is 42.7 Å². The summed E-state index contributed by atoms with van der Waals surface area (Å²) >= 11 is 6.21. The van der Waals surface area contributed by atoms with Gasteiger partial charge in [0.25, 0.3) is 0 Å². The molecule has 0 aliphatic carbocycles. The fourth-order valence-electron chi connectivity index (χ4n) is 2.30. The van der Waals surface area contributed by atoms with Gasteiger partial charge >= 0.3 is 0 Å². The molecule has 0 radical (unpaired) electrons. The van der Waals surface area contributed by atoms with Crippen molar-refractivity contribution in [1.29, 1.82) is 0 Å². The summed E-state index contributed by atoms with van der Waals surface area (Å²) in [5.41, 5.74) is 2.07. The van der Waals surface area contributed by atoms with E-state index in [1.165, 1.54) is 10.9 Å². The van der Waals surface area contributed by atoms with Crippen molar-refractivity contribution in [2.24, 2.45) is 0 Å². The Bertz CT molecular complexity index is 768. The van der Waals surface area contributed by atoms with Crippen LogP contribution in [0.3, 0.4) is 0 Å². The van der Waals surface area contributed by atoms with Gasteiger partial charge in [0.15, 0.2) is 0 Å². The van der Waals surface area contributed by atoms with Gasteiger partial charge in [0.2, 0.25) is 0 Å². The Morgan fingerprint density at radius 1 is 1.19 bits per heavy atom. The minimum Gasteiger partial charge on any atom is -0.497 e. The molecule has 0 aliphatic rings. The molecule has 106 valence electrons. The lowest BCUT2D eigenvalue weighted by Crippen LogP contribution is -2.01. The molecule has 0 unspecified atom stereocenters. The summed E-state index contributed by atoms with van der Waals surface area (Å²) in [5.74, 6) is 0.781. The van der Waals surface area contributed by atoms with Gasteiger partial charge < -0.3 is 10.1 Å². The van der Waals surface area contributed by atoms with E-state index < -0.39 is 0 Å². The van der Waals surface area contributed by atoms with Crippen LogP contribution in [0.2, 0.25) is 5.02 Å². The lowest BCUT2D eigenvalue weighted by atomic mass is 10.1. The molecule has 0 amide bonds. The molecule has 1 N–H and O–H groups in total. The van der Waals surface area contributed by atoms with Crippen LogP contribution in [0.15, 0.2) is 54.9 Å². The van der Waals surface area contributed by atoms with Crippen molar-refractivity contribution in [3.8, 4) is 5.75 Å². The van der Waals surface area contributed by atoms with Crippen molar-refractivity contribution in [3.05, 3.63) is 65.4 Å². The highest BCUT2D eigenvalue weighted by Gasteiger charge is 2.04. The van der Waals surface area contributed by atoms with Crippen LogP contribution in [0.4, 0.5) is 5.69 Å². The molecule has 1 aromatic heterocycles. The number of benzene rings is 2. The zero-order chi connectivity index (χ0) is 14.7. The number of nitrogens with zero attached hydrogens (tertiary/aromatic N) is 1. The third-order valence-electron chi connectivity index (χ3n) is 3.41. The summed E-state index contributed by atoms with van der Waals surface area (Å²) in [7, 11) is 1.64. The molecule has 3 aromatic rings. The maximum Gasteiger partial charge on any atom is 0.121 e. The summed E-state index contributed by atoms with van der Waals surface area (Å²) in [6, 6.07) is 13.8. The van der Waals surface area contributed by atoms with Crippen LogP contribution in [0.25, 0.3) is 10.8 Å². The third kappa shape index (κ3) is 2.93. The van der Waals surface area contributed by atoms with Gasteiger partial charge in [-0.1, -0.05) is 29.8 Å². The van der Waals surface area contributed by atoms with E-state index in [2.05, 4.69) is 22.4 Å². The van der Waals surface area contributed by atoms with Crippen LogP contribution in [-0.2, 0) is 6.54 Å². The van der Waals surface area contributed by atoms with Gasteiger partial charge in [0, 0.05) is 30.4 Å². The molecule has 2 aromatic carbocycles. The van der Waals surface area contributed by atoms with Gasteiger partial charge in [-0.2, -0.15) is 0 Å². The largest absolute Gasteiger partial charge is 0.497 e. The summed E-state index contributed by atoms with van der Waals surface area (Å²) in [6.07, 6.45) is 3.68. The molecule has 0 atom stereocenters. The van der Waals surface area contributed by atoms with Crippen molar-refractivity contribution in [2.75, 3.05) is 12.4 Å². The summed E-state index contributed by atoms with van der Waals surface area (Å²) in [6.45, 7) is 0.689. The molecule has 3 rings (SSSR count). The number of rotatable bonds is 4. The average Bonchev–Trinajstić information content (AvgIpc) is 2.54. The molecular weight excluding hydrogens is 284 g/mol. The quantitative estimate of drug-likeness (QED) is 0.769.